The minimum Gasteiger partial charge on any atom is -0.394 e. The van der Waals surface area contributed by atoms with Crippen molar-refractivity contribution in [2.75, 3.05) is 10.6 Å². The molecule has 15 heavy (non-hydrogen) atoms. The quantitative estimate of drug-likeness (QED) is 0.802. The Balaban J connectivity index is 2.32. The first-order chi connectivity index (χ1) is 7.24. The minimum absolute atomic E-state index is 0.534. The Morgan fingerprint density at radius 1 is 1.53 bits per heavy atom. The van der Waals surface area contributed by atoms with E-state index in [1.807, 2.05) is 0 Å². The Bertz CT molecular complexity index is 339. The van der Waals surface area contributed by atoms with Crippen molar-refractivity contribution in [2.24, 2.45) is 0 Å². The topological polar surface area (TPSA) is 55.0 Å². The monoisotopic (exact) mass is 206 g/mol. The normalized spacial score (nSPS) is 25.9. The minimum atomic E-state index is 0.534. The first-order valence-electron chi connectivity index (χ1n) is 5.57. The zero-order valence-electron chi connectivity index (χ0n) is 9.35. The molecule has 0 aliphatic carbocycles. The summed E-state index contributed by atoms with van der Waals surface area (Å²) < 4.78 is 0. The number of anilines is 2. The first-order valence-corrected chi connectivity index (χ1v) is 5.57. The van der Waals surface area contributed by atoms with Gasteiger partial charge in [0, 0.05) is 12.1 Å². The zero-order chi connectivity index (χ0) is 10.8. The van der Waals surface area contributed by atoms with Crippen LogP contribution in [-0.4, -0.2) is 22.1 Å². The van der Waals surface area contributed by atoms with Crippen LogP contribution in [0.4, 0.5) is 11.5 Å². The zero-order valence-corrected chi connectivity index (χ0v) is 9.35. The van der Waals surface area contributed by atoms with Gasteiger partial charge in [0.2, 0.25) is 0 Å². The smallest absolute Gasteiger partial charge is 0.155 e. The molecule has 4 heteroatoms. The molecule has 2 rings (SSSR count). The van der Waals surface area contributed by atoms with Crippen LogP contribution in [0.2, 0.25) is 0 Å². The SMILES string of the molecule is CCC1CCC(C)N1c1ncncc1N. The Kier molecular flexibility index (Phi) is 2.75. The third-order valence-electron chi connectivity index (χ3n) is 3.22. The van der Waals surface area contributed by atoms with E-state index < -0.39 is 0 Å². The predicted molar refractivity (Wildman–Crippen MR) is 61.7 cm³/mol. The van der Waals surface area contributed by atoms with E-state index in [-0.39, 0.29) is 0 Å². The van der Waals surface area contributed by atoms with E-state index in [1.54, 1.807) is 12.5 Å². The van der Waals surface area contributed by atoms with E-state index in [0.29, 0.717) is 17.8 Å². The summed E-state index contributed by atoms with van der Waals surface area (Å²) >= 11 is 0. The molecule has 1 saturated heterocycles. The van der Waals surface area contributed by atoms with Crippen LogP contribution < -0.4 is 10.6 Å². The molecule has 1 aliphatic heterocycles. The molecule has 1 aromatic rings. The number of hydrogen-bond donors (Lipinski definition) is 1. The van der Waals surface area contributed by atoms with Gasteiger partial charge in [-0.1, -0.05) is 6.92 Å². The highest BCUT2D eigenvalue weighted by atomic mass is 15.3. The van der Waals surface area contributed by atoms with Crippen molar-refractivity contribution in [2.45, 2.75) is 45.2 Å². The molecule has 0 aromatic carbocycles. The van der Waals surface area contributed by atoms with Crippen molar-refractivity contribution >= 4 is 11.5 Å². The molecule has 0 saturated carbocycles. The second-order valence-corrected chi connectivity index (χ2v) is 4.20. The lowest BCUT2D eigenvalue weighted by molar-refractivity contribution is 0.621. The highest BCUT2D eigenvalue weighted by Gasteiger charge is 2.31. The highest BCUT2D eigenvalue weighted by Crippen LogP contribution is 2.33. The third-order valence-corrected chi connectivity index (χ3v) is 3.22. The van der Waals surface area contributed by atoms with Gasteiger partial charge in [0.25, 0.3) is 0 Å². The average molecular weight is 206 g/mol. The molecular weight excluding hydrogens is 188 g/mol. The molecule has 2 N–H and O–H groups in total. The van der Waals surface area contributed by atoms with Crippen LogP contribution in [-0.2, 0) is 0 Å². The lowest BCUT2D eigenvalue weighted by atomic mass is 10.1. The molecule has 0 spiro atoms. The van der Waals surface area contributed by atoms with Crippen LogP contribution in [0.25, 0.3) is 0 Å². The van der Waals surface area contributed by atoms with Gasteiger partial charge >= 0.3 is 0 Å². The number of nitrogens with two attached hydrogens (primary N) is 1. The molecule has 2 heterocycles. The molecule has 1 aromatic heterocycles. The molecule has 1 fully saturated rings. The molecule has 2 atom stereocenters. The van der Waals surface area contributed by atoms with E-state index in [1.165, 1.54) is 12.8 Å². The Hall–Kier alpha value is -1.32. The largest absolute Gasteiger partial charge is 0.394 e. The highest BCUT2D eigenvalue weighted by molar-refractivity contribution is 5.62. The standard InChI is InChI=1S/C11H18N4/c1-3-9-5-4-8(2)15(9)11-10(12)6-13-7-14-11/h6-9H,3-5,12H2,1-2H3. The Morgan fingerprint density at radius 2 is 2.33 bits per heavy atom. The molecule has 0 bridgehead atoms. The number of nitrogens with zero attached hydrogens (tertiary/aromatic N) is 3. The van der Waals surface area contributed by atoms with Crippen molar-refractivity contribution in [3.05, 3.63) is 12.5 Å². The fourth-order valence-electron chi connectivity index (χ4n) is 2.40. The summed E-state index contributed by atoms with van der Waals surface area (Å²) in [5.41, 5.74) is 6.60. The van der Waals surface area contributed by atoms with Gasteiger partial charge in [0.15, 0.2) is 5.82 Å². The molecule has 0 amide bonds. The third kappa shape index (κ3) is 1.76. The van der Waals surface area contributed by atoms with E-state index in [4.69, 9.17) is 5.73 Å². The predicted octanol–water partition coefficient (Wildman–Crippen LogP) is 1.83. The van der Waals surface area contributed by atoms with Crippen molar-refractivity contribution in [3.63, 3.8) is 0 Å². The molecule has 2 unspecified atom stereocenters. The van der Waals surface area contributed by atoms with E-state index >= 15 is 0 Å². The van der Waals surface area contributed by atoms with Crippen LogP contribution in [0.5, 0.6) is 0 Å². The van der Waals surface area contributed by atoms with Crippen LogP contribution >= 0.6 is 0 Å². The summed E-state index contributed by atoms with van der Waals surface area (Å²) in [5, 5.41) is 0. The van der Waals surface area contributed by atoms with Crippen molar-refractivity contribution in [1.29, 1.82) is 0 Å². The van der Waals surface area contributed by atoms with Gasteiger partial charge < -0.3 is 10.6 Å². The van der Waals surface area contributed by atoms with Crippen LogP contribution in [0.15, 0.2) is 12.5 Å². The maximum absolute atomic E-state index is 5.91. The summed E-state index contributed by atoms with van der Waals surface area (Å²) in [6, 6.07) is 1.12. The van der Waals surface area contributed by atoms with Gasteiger partial charge in [0.1, 0.15) is 6.33 Å². The summed E-state index contributed by atoms with van der Waals surface area (Å²) in [4.78, 5) is 10.6. The number of hydrogen-bond acceptors (Lipinski definition) is 4. The first kappa shape index (κ1) is 10.2. The summed E-state index contributed by atoms with van der Waals surface area (Å²) in [5.74, 6) is 0.904. The van der Waals surface area contributed by atoms with Crippen LogP contribution in [0, 0.1) is 0 Å². The second-order valence-electron chi connectivity index (χ2n) is 4.20. The van der Waals surface area contributed by atoms with Gasteiger partial charge in [0.05, 0.1) is 11.9 Å². The summed E-state index contributed by atoms with van der Waals surface area (Å²) in [6.45, 7) is 4.45. The number of aromatic nitrogens is 2. The number of rotatable bonds is 2. The molecular formula is C11H18N4. The van der Waals surface area contributed by atoms with E-state index in [0.717, 1.165) is 12.2 Å². The maximum atomic E-state index is 5.91. The van der Waals surface area contributed by atoms with Crippen LogP contribution in [0.3, 0.4) is 0 Å². The van der Waals surface area contributed by atoms with Crippen molar-refractivity contribution in [3.8, 4) is 0 Å². The summed E-state index contributed by atoms with van der Waals surface area (Å²) in [6.07, 6.45) is 6.86. The second kappa shape index (κ2) is 4.04. The average Bonchev–Trinajstić information content (AvgIpc) is 2.60. The number of nitrogen functional groups attached to an aromatic ring is 1. The van der Waals surface area contributed by atoms with Crippen molar-refractivity contribution < 1.29 is 0 Å². The van der Waals surface area contributed by atoms with Gasteiger partial charge in [-0.2, -0.15) is 0 Å². The van der Waals surface area contributed by atoms with Gasteiger partial charge in [-0.05, 0) is 26.2 Å². The van der Waals surface area contributed by atoms with Gasteiger partial charge in [-0.3, -0.25) is 0 Å². The van der Waals surface area contributed by atoms with E-state index in [9.17, 15) is 0 Å². The van der Waals surface area contributed by atoms with Gasteiger partial charge in [-0.25, -0.2) is 9.97 Å². The molecule has 82 valence electrons. The summed E-state index contributed by atoms with van der Waals surface area (Å²) in [7, 11) is 0. The van der Waals surface area contributed by atoms with Crippen molar-refractivity contribution in [1.82, 2.24) is 9.97 Å². The molecule has 1 aliphatic rings. The maximum Gasteiger partial charge on any atom is 0.155 e. The lowest BCUT2D eigenvalue weighted by Gasteiger charge is -2.29. The Labute approximate surface area is 90.5 Å². The van der Waals surface area contributed by atoms with Gasteiger partial charge in [-0.15, -0.1) is 0 Å². The fraction of sp³-hybridized carbons (Fsp3) is 0.636. The Morgan fingerprint density at radius 3 is 3.00 bits per heavy atom. The fourth-order valence-corrected chi connectivity index (χ4v) is 2.40. The molecule has 0 radical (unpaired) electrons. The lowest BCUT2D eigenvalue weighted by Crippen LogP contribution is -2.35. The van der Waals surface area contributed by atoms with Crippen LogP contribution in [0.1, 0.15) is 33.1 Å². The molecule has 4 nitrogen and oxygen atoms in total. The van der Waals surface area contributed by atoms with E-state index in [2.05, 4.69) is 28.7 Å².